The highest BCUT2D eigenvalue weighted by Gasteiger charge is 2.11. The van der Waals surface area contributed by atoms with Crippen molar-refractivity contribution in [1.29, 1.82) is 0 Å². The average molecular weight is 383 g/mol. The molecule has 2 aromatic rings. The smallest absolute Gasteiger partial charge is 0.257 e. The highest BCUT2D eigenvalue weighted by molar-refractivity contribution is 7.80. The van der Waals surface area contributed by atoms with Gasteiger partial charge in [-0.3, -0.25) is 10.1 Å². The first-order valence-electron chi connectivity index (χ1n) is 7.19. The van der Waals surface area contributed by atoms with Gasteiger partial charge in [0.15, 0.2) is 16.6 Å². The summed E-state index contributed by atoms with van der Waals surface area (Å²) in [5.74, 6) is 0.199. The highest BCUT2D eigenvalue weighted by Crippen LogP contribution is 2.32. The standard InChI is InChI=1S/C17H16ClFN2O3S/c1-23-14-7-11(13(18)8-15(14)24-2)9-20-17(25)21-16(22)10-3-5-12(19)6-4-10/h3-8H,9H2,1-2H3,(H2,20,21,22,25). The minimum Gasteiger partial charge on any atom is -0.493 e. The van der Waals surface area contributed by atoms with Crippen molar-refractivity contribution >= 4 is 34.8 Å². The normalized spacial score (nSPS) is 10.1. The summed E-state index contributed by atoms with van der Waals surface area (Å²) in [6.07, 6.45) is 0. The third kappa shape index (κ3) is 5.04. The van der Waals surface area contributed by atoms with E-state index in [-0.39, 0.29) is 11.7 Å². The van der Waals surface area contributed by atoms with Crippen molar-refractivity contribution in [2.75, 3.05) is 14.2 Å². The van der Waals surface area contributed by atoms with Crippen LogP contribution in [0.5, 0.6) is 11.5 Å². The quantitative estimate of drug-likeness (QED) is 0.777. The Bertz CT molecular complexity index is 784. The van der Waals surface area contributed by atoms with Gasteiger partial charge in [0, 0.05) is 23.2 Å². The number of rotatable bonds is 5. The van der Waals surface area contributed by atoms with Gasteiger partial charge in [0.25, 0.3) is 5.91 Å². The molecule has 1 amide bonds. The van der Waals surface area contributed by atoms with E-state index in [9.17, 15) is 9.18 Å². The zero-order valence-electron chi connectivity index (χ0n) is 13.6. The second-order valence-electron chi connectivity index (χ2n) is 4.94. The van der Waals surface area contributed by atoms with Crippen LogP contribution in [-0.2, 0) is 6.54 Å². The minimum atomic E-state index is -0.434. The number of thiocarbonyl (C=S) groups is 1. The molecule has 5 nitrogen and oxygen atoms in total. The van der Waals surface area contributed by atoms with Gasteiger partial charge in [-0.15, -0.1) is 0 Å². The number of nitrogens with one attached hydrogen (secondary N) is 2. The van der Waals surface area contributed by atoms with E-state index in [1.807, 2.05) is 0 Å². The molecule has 2 aromatic carbocycles. The van der Waals surface area contributed by atoms with Crippen molar-refractivity contribution in [2.24, 2.45) is 0 Å². The van der Waals surface area contributed by atoms with Gasteiger partial charge >= 0.3 is 0 Å². The maximum absolute atomic E-state index is 12.9. The Morgan fingerprint density at radius 3 is 2.36 bits per heavy atom. The molecule has 8 heteroatoms. The van der Waals surface area contributed by atoms with Gasteiger partial charge in [0.05, 0.1) is 14.2 Å². The van der Waals surface area contributed by atoms with Crippen molar-refractivity contribution in [3.8, 4) is 11.5 Å². The predicted molar refractivity (Wildman–Crippen MR) is 97.9 cm³/mol. The van der Waals surface area contributed by atoms with Crippen LogP contribution < -0.4 is 20.1 Å². The molecule has 0 saturated carbocycles. The maximum atomic E-state index is 12.9. The van der Waals surface area contributed by atoms with Crippen LogP contribution in [-0.4, -0.2) is 25.2 Å². The second kappa shape index (κ2) is 8.64. The molecule has 0 saturated heterocycles. The Labute approximate surface area is 155 Å². The SMILES string of the molecule is COc1cc(Cl)c(CNC(=S)NC(=O)c2ccc(F)cc2)cc1OC. The molecule has 0 radical (unpaired) electrons. The molecule has 2 rings (SSSR count). The van der Waals surface area contributed by atoms with E-state index in [0.29, 0.717) is 22.1 Å². The molecule has 0 aliphatic carbocycles. The Morgan fingerprint density at radius 1 is 1.16 bits per heavy atom. The first kappa shape index (κ1) is 19.0. The van der Waals surface area contributed by atoms with Crippen LogP contribution in [0.3, 0.4) is 0 Å². The Balaban J connectivity index is 1.98. The summed E-state index contributed by atoms with van der Waals surface area (Å²) in [4.78, 5) is 12.0. The van der Waals surface area contributed by atoms with E-state index in [1.165, 1.54) is 38.5 Å². The van der Waals surface area contributed by atoms with Crippen LogP contribution in [0, 0.1) is 5.82 Å². The molecule has 25 heavy (non-hydrogen) atoms. The van der Waals surface area contributed by atoms with Crippen LogP contribution in [0.1, 0.15) is 15.9 Å². The lowest BCUT2D eigenvalue weighted by molar-refractivity contribution is 0.0976. The van der Waals surface area contributed by atoms with Crippen molar-refractivity contribution < 1.29 is 18.7 Å². The van der Waals surface area contributed by atoms with Crippen LogP contribution in [0.4, 0.5) is 4.39 Å². The van der Waals surface area contributed by atoms with Gasteiger partial charge in [-0.2, -0.15) is 0 Å². The minimum absolute atomic E-state index is 0.125. The average Bonchev–Trinajstić information content (AvgIpc) is 2.60. The molecule has 0 fully saturated rings. The topological polar surface area (TPSA) is 59.6 Å². The first-order chi connectivity index (χ1) is 11.9. The molecule has 0 aliphatic heterocycles. The second-order valence-corrected chi connectivity index (χ2v) is 5.76. The van der Waals surface area contributed by atoms with Crippen molar-refractivity contribution in [3.05, 3.63) is 58.4 Å². The Hall–Kier alpha value is -2.38. The third-order valence-corrected chi connectivity index (χ3v) is 3.92. The van der Waals surface area contributed by atoms with E-state index >= 15 is 0 Å². The molecule has 2 N–H and O–H groups in total. The number of benzene rings is 2. The van der Waals surface area contributed by atoms with Gasteiger partial charge in [-0.05, 0) is 48.1 Å². The lowest BCUT2D eigenvalue weighted by Crippen LogP contribution is -2.38. The molecular weight excluding hydrogens is 367 g/mol. The number of carbonyl (C=O) groups excluding carboxylic acids is 1. The summed E-state index contributed by atoms with van der Waals surface area (Å²) in [5, 5.41) is 6.00. The van der Waals surface area contributed by atoms with Gasteiger partial charge < -0.3 is 14.8 Å². The van der Waals surface area contributed by atoms with Gasteiger partial charge in [-0.25, -0.2) is 4.39 Å². The van der Waals surface area contributed by atoms with Crippen LogP contribution >= 0.6 is 23.8 Å². The lowest BCUT2D eigenvalue weighted by Gasteiger charge is -2.13. The van der Waals surface area contributed by atoms with Crippen LogP contribution in [0.25, 0.3) is 0 Å². The molecule has 0 unspecified atom stereocenters. The summed E-state index contributed by atoms with van der Waals surface area (Å²) in [5.41, 5.74) is 1.02. The van der Waals surface area contributed by atoms with Crippen molar-refractivity contribution in [2.45, 2.75) is 6.54 Å². The van der Waals surface area contributed by atoms with E-state index in [4.69, 9.17) is 33.3 Å². The van der Waals surface area contributed by atoms with E-state index in [0.717, 1.165) is 5.56 Å². The number of ether oxygens (including phenoxy) is 2. The summed E-state index contributed by atoms with van der Waals surface area (Å²) in [6, 6.07) is 8.51. The van der Waals surface area contributed by atoms with E-state index in [1.54, 1.807) is 12.1 Å². The molecule has 0 bridgehead atoms. The number of methoxy groups -OCH3 is 2. The van der Waals surface area contributed by atoms with Crippen LogP contribution in [0.2, 0.25) is 5.02 Å². The number of halogens is 2. The molecule has 0 atom stereocenters. The highest BCUT2D eigenvalue weighted by atomic mass is 35.5. The molecule has 0 aromatic heterocycles. The number of carbonyl (C=O) groups is 1. The monoisotopic (exact) mass is 382 g/mol. The number of hydrogen-bond donors (Lipinski definition) is 2. The van der Waals surface area contributed by atoms with Gasteiger partial charge in [0.1, 0.15) is 5.82 Å². The number of hydrogen-bond acceptors (Lipinski definition) is 4. The molecular formula is C17H16ClFN2O3S. The summed E-state index contributed by atoms with van der Waals surface area (Å²) < 4.78 is 23.3. The Kier molecular flexibility index (Phi) is 6.55. The fourth-order valence-corrected chi connectivity index (χ4v) is 2.41. The fraction of sp³-hybridized carbons (Fsp3) is 0.176. The third-order valence-electron chi connectivity index (χ3n) is 3.33. The summed E-state index contributed by atoms with van der Waals surface area (Å²) >= 11 is 11.3. The zero-order chi connectivity index (χ0) is 18.4. The molecule has 0 aliphatic rings. The summed E-state index contributed by atoms with van der Waals surface area (Å²) in [6.45, 7) is 0.279. The number of amides is 1. The largest absolute Gasteiger partial charge is 0.493 e. The van der Waals surface area contributed by atoms with Gasteiger partial charge in [0.2, 0.25) is 0 Å². The lowest BCUT2D eigenvalue weighted by atomic mass is 10.2. The first-order valence-corrected chi connectivity index (χ1v) is 7.98. The molecule has 0 spiro atoms. The predicted octanol–water partition coefficient (Wildman–Crippen LogP) is 3.30. The van der Waals surface area contributed by atoms with Crippen molar-refractivity contribution in [1.82, 2.24) is 10.6 Å². The Morgan fingerprint density at radius 2 is 1.76 bits per heavy atom. The molecule has 132 valence electrons. The van der Waals surface area contributed by atoms with Crippen LogP contribution in [0.15, 0.2) is 36.4 Å². The zero-order valence-corrected chi connectivity index (χ0v) is 15.1. The molecule has 0 heterocycles. The fourth-order valence-electron chi connectivity index (χ4n) is 2.03. The van der Waals surface area contributed by atoms with E-state index in [2.05, 4.69) is 10.6 Å². The maximum Gasteiger partial charge on any atom is 0.257 e. The van der Waals surface area contributed by atoms with Gasteiger partial charge in [-0.1, -0.05) is 11.6 Å². The van der Waals surface area contributed by atoms with E-state index < -0.39 is 11.7 Å². The van der Waals surface area contributed by atoms with Crippen molar-refractivity contribution in [3.63, 3.8) is 0 Å². The summed E-state index contributed by atoms with van der Waals surface area (Å²) in [7, 11) is 3.04.